The lowest BCUT2D eigenvalue weighted by Gasteiger charge is -1.93. The molecule has 0 saturated heterocycles. The monoisotopic (exact) mass is 102 g/mol. The van der Waals surface area contributed by atoms with Gasteiger partial charge in [-0.05, 0) is 0 Å². The molecule has 2 heteroatoms. The summed E-state index contributed by atoms with van der Waals surface area (Å²) in [6.07, 6.45) is 3.48. The van der Waals surface area contributed by atoms with Crippen molar-refractivity contribution < 1.29 is 9.50 Å². The molecule has 0 aliphatic rings. The normalized spacial score (nSPS) is 12.7. The third kappa shape index (κ3) is 3.28. The van der Waals surface area contributed by atoms with E-state index in [1.165, 1.54) is 0 Å². The fraction of sp³-hybridized carbons (Fsp3) is 0.600. The number of rotatable bonds is 2. The van der Waals surface area contributed by atoms with Crippen molar-refractivity contribution in [3.8, 4) is 12.3 Å². The van der Waals surface area contributed by atoms with Crippen molar-refractivity contribution in [3.63, 3.8) is 0 Å². The summed E-state index contributed by atoms with van der Waals surface area (Å²) in [4.78, 5) is 0. The van der Waals surface area contributed by atoms with E-state index in [4.69, 9.17) is 11.5 Å². The average Bonchev–Trinajstić information content (AvgIpc) is 1.68. The summed E-state index contributed by atoms with van der Waals surface area (Å²) in [6, 6.07) is 0. The third-order valence-electron chi connectivity index (χ3n) is 0.537. The summed E-state index contributed by atoms with van der Waals surface area (Å²) in [5, 5.41) is 8.00. The summed E-state index contributed by atoms with van der Waals surface area (Å²) in [7, 11) is 0. The van der Waals surface area contributed by atoms with Crippen LogP contribution in [0.5, 0.6) is 0 Å². The first kappa shape index (κ1) is 6.45. The molecular formula is C5H7FO. The Labute approximate surface area is 42.2 Å². The Morgan fingerprint density at radius 1 is 1.86 bits per heavy atom. The van der Waals surface area contributed by atoms with Crippen LogP contribution in [0.15, 0.2) is 0 Å². The van der Waals surface area contributed by atoms with Crippen LogP contribution < -0.4 is 0 Å². The van der Waals surface area contributed by atoms with Gasteiger partial charge in [0.05, 0.1) is 6.61 Å². The molecule has 1 N–H and O–H groups in total. The van der Waals surface area contributed by atoms with Crippen LogP contribution in [0.2, 0.25) is 0 Å². The van der Waals surface area contributed by atoms with E-state index in [0.717, 1.165) is 0 Å². The van der Waals surface area contributed by atoms with Gasteiger partial charge in [-0.15, -0.1) is 12.3 Å². The van der Waals surface area contributed by atoms with Crippen molar-refractivity contribution in [1.29, 1.82) is 0 Å². The maximum absolute atomic E-state index is 11.7. The molecule has 0 heterocycles. The van der Waals surface area contributed by atoms with Gasteiger partial charge in [-0.25, -0.2) is 4.39 Å². The summed E-state index contributed by atoms with van der Waals surface area (Å²) in [5.41, 5.74) is 0. The molecule has 0 amide bonds. The van der Waals surface area contributed by atoms with Gasteiger partial charge in [0.1, 0.15) is 6.17 Å². The highest BCUT2D eigenvalue weighted by Gasteiger charge is 1.98. The molecule has 0 aliphatic heterocycles. The molecule has 0 rings (SSSR count). The van der Waals surface area contributed by atoms with Crippen LogP contribution in [0.4, 0.5) is 4.39 Å². The lowest BCUT2D eigenvalue weighted by molar-refractivity contribution is 0.181. The second-order valence-electron chi connectivity index (χ2n) is 1.19. The van der Waals surface area contributed by atoms with Crippen LogP contribution in [0.3, 0.4) is 0 Å². The van der Waals surface area contributed by atoms with Crippen molar-refractivity contribution >= 4 is 0 Å². The van der Waals surface area contributed by atoms with Crippen molar-refractivity contribution in [2.24, 2.45) is 0 Å². The molecule has 0 radical (unpaired) electrons. The number of alkyl halides is 1. The quantitative estimate of drug-likeness (QED) is 0.498. The van der Waals surface area contributed by atoms with Gasteiger partial charge in [-0.3, -0.25) is 0 Å². The topological polar surface area (TPSA) is 20.2 Å². The molecule has 7 heavy (non-hydrogen) atoms. The van der Waals surface area contributed by atoms with Gasteiger partial charge in [0.2, 0.25) is 0 Å². The number of hydrogen-bond acceptors (Lipinski definition) is 1. The second kappa shape index (κ2) is 3.63. The van der Waals surface area contributed by atoms with Crippen molar-refractivity contribution in [3.05, 3.63) is 0 Å². The Bertz CT molecular complexity index is 74.6. The number of aliphatic hydroxyl groups excluding tert-OH is 1. The van der Waals surface area contributed by atoms with Crippen molar-refractivity contribution in [1.82, 2.24) is 0 Å². The van der Waals surface area contributed by atoms with Crippen molar-refractivity contribution in [2.75, 3.05) is 6.61 Å². The summed E-state index contributed by atoms with van der Waals surface area (Å²) < 4.78 is 11.7. The fourth-order valence-corrected chi connectivity index (χ4v) is 0.192. The average molecular weight is 102 g/mol. The molecule has 1 atom stereocenters. The van der Waals surface area contributed by atoms with E-state index < -0.39 is 12.8 Å². The van der Waals surface area contributed by atoms with Gasteiger partial charge in [0.25, 0.3) is 0 Å². The first-order valence-electron chi connectivity index (χ1n) is 1.99. The molecule has 0 aromatic carbocycles. The number of halogens is 1. The zero-order valence-corrected chi connectivity index (χ0v) is 3.89. The largest absolute Gasteiger partial charge is 0.393 e. The van der Waals surface area contributed by atoms with E-state index in [9.17, 15) is 4.39 Å². The Hall–Kier alpha value is -0.550. The van der Waals surface area contributed by atoms with E-state index >= 15 is 0 Å². The lowest BCUT2D eigenvalue weighted by Crippen LogP contribution is -2.03. The SMILES string of the molecule is C#CCC(F)CO. The molecule has 0 fully saturated rings. The summed E-state index contributed by atoms with van der Waals surface area (Å²) in [6.45, 7) is -0.468. The molecule has 1 unspecified atom stereocenters. The van der Waals surface area contributed by atoms with Gasteiger partial charge in [0, 0.05) is 6.42 Å². The maximum atomic E-state index is 11.7. The molecule has 0 saturated carbocycles. The molecule has 0 spiro atoms. The molecule has 1 nitrogen and oxygen atoms in total. The van der Waals surface area contributed by atoms with Crippen LogP contribution >= 0.6 is 0 Å². The number of terminal acetylenes is 1. The van der Waals surface area contributed by atoms with Gasteiger partial charge >= 0.3 is 0 Å². The Kier molecular flexibility index (Phi) is 3.35. The highest BCUT2D eigenvalue weighted by molar-refractivity contribution is 4.86. The van der Waals surface area contributed by atoms with Crippen LogP contribution in [0.25, 0.3) is 0 Å². The van der Waals surface area contributed by atoms with Gasteiger partial charge in [0.15, 0.2) is 0 Å². The molecule has 0 aliphatic carbocycles. The zero-order valence-electron chi connectivity index (χ0n) is 3.89. The Morgan fingerprint density at radius 2 is 2.43 bits per heavy atom. The lowest BCUT2D eigenvalue weighted by atomic mass is 10.3. The number of aliphatic hydroxyl groups is 1. The molecular weight excluding hydrogens is 95.1 g/mol. The predicted molar refractivity (Wildman–Crippen MR) is 25.4 cm³/mol. The first-order valence-corrected chi connectivity index (χ1v) is 1.99. The minimum Gasteiger partial charge on any atom is -0.393 e. The van der Waals surface area contributed by atoms with E-state index in [1.54, 1.807) is 0 Å². The zero-order chi connectivity index (χ0) is 5.70. The number of hydrogen-bond donors (Lipinski definition) is 1. The minimum absolute atomic E-state index is 0.0104. The fourth-order valence-electron chi connectivity index (χ4n) is 0.192. The maximum Gasteiger partial charge on any atom is 0.134 e. The van der Waals surface area contributed by atoms with Crippen molar-refractivity contribution in [2.45, 2.75) is 12.6 Å². The third-order valence-corrected chi connectivity index (χ3v) is 0.537. The summed E-state index contributed by atoms with van der Waals surface area (Å²) >= 11 is 0. The van der Waals surface area contributed by atoms with Gasteiger partial charge in [-0.2, -0.15) is 0 Å². The minimum atomic E-state index is -1.23. The molecule has 0 aromatic rings. The molecule has 40 valence electrons. The van der Waals surface area contributed by atoms with E-state index in [-0.39, 0.29) is 6.42 Å². The van der Waals surface area contributed by atoms with Crippen LogP contribution in [-0.4, -0.2) is 17.9 Å². The van der Waals surface area contributed by atoms with Gasteiger partial charge in [-0.1, -0.05) is 0 Å². The molecule has 0 bridgehead atoms. The van der Waals surface area contributed by atoms with E-state index in [0.29, 0.717) is 0 Å². The van der Waals surface area contributed by atoms with Crippen LogP contribution in [0, 0.1) is 12.3 Å². The smallest absolute Gasteiger partial charge is 0.134 e. The standard InChI is InChI=1S/C5H7FO/c1-2-3-5(6)4-7/h1,5,7H,3-4H2. The first-order chi connectivity index (χ1) is 3.31. The van der Waals surface area contributed by atoms with Crippen LogP contribution in [-0.2, 0) is 0 Å². The second-order valence-corrected chi connectivity index (χ2v) is 1.19. The highest BCUT2D eigenvalue weighted by atomic mass is 19.1. The Morgan fingerprint density at radius 3 is 2.57 bits per heavy atom. The van der Waals surface area contributed by atoms with Gasteiger partial charge < -0.3 is 5.11 Å². The van der Waals surface area contributed by atoms with Crippen LogP contribution in [0.1, 0.15) is 6.42 Å². The molecule has 0 aromatic heterocycles. The Balaban J connectivity index is 3.03. The van der Waals surface area contributed by atoms with E-state index in [2.05, 4.69) is 5.92 Å². The predicted octanol–water partition coefficient (Wildman–Crippen LogP) is 0.340. The highest BCUT2D eigenvalue weighted by Crippen LogP contribution is 1.91. The van der Waals surface area contributed by atoms with E-state index in [1.807, 2.05) is 0 Å². The summed E-state index contributed by atoms with van der Waals surface area (Å²) in [5.74, 6) is 2.08.